The molecule has 0 aliphatic carbocycles. The second kappa shape index (κ2) is 8.87. The molecule has 8 heteroatoms. The van der Waals surface area contributed by atoms with Crippen molar-refractivity contribution in [3.63, 3.8) is 0 Å². The van der Waals surface area contributed by atoms with Gasteiger partial charge in [-0.2, -0.15) is 5.10 Å². The largest absolute Gasteiger partial charge is 0.493 e. The summed E-state index contributed by atoms with van der Waals surface area (Å²) in [6.07, 6.45) is 1.39. The summed E-state index contributed by atoms with van der Waals surface area (Å²) in [6.45, 7) is 1.74. The number of nitrogens with one attached hydrogen (secondary N) is 2. The number of hydrogen-bond acceptors (Lipinski definition) is 5. The number of methoxy groups -OCH3 is 2. The lowest BCUT2D eigenvalue weighted by Gasteiger charge is -2.08. The minimum Gasteiger partial charge on any atom is -0.493 e. The van der Waals surface area contributed by atoms with Gasteiger partial charge in [0.2, 0.25) is 0 Å². The van der Waals surface area contributed by atoms with Gasteiger partial charge in [0.1, 0.15) is 0 Å². The topological polar surface area (TPSA) is 89.0 Å². The molecule has 0 saturated carbocycles. The molecule has 0 bridgehead atoms. The molecule has 0 unspecified atom stereocenters. The number of amides is 2. The molecule has 2 N–H and O–H groups in total. The van der Waals surface area contributed by atoms with Crippen molar-refractivity contribution in [1.29, 1.82) is 0 Å². The molecule has 7 nitrogen and oxygen atoms in total. The van der Waals surface area contributed by atoms with Crippen LogP contribution in [0.3, 0.4) is 0 Å². The number of rotatable bonds is 5. The highest BCUT2D eigenvalue weighted by Gasteiger charge is 2.14. The van der Waals surface area contributed by atoms with E-state index in [4.69, 9.17) is 21.1 Å². The third-order valence-electron chi connectivity index (χ3n) is 3.51. The SMILES string of the molecule is COc1ccc(C=NNC(=O)C(=O)Nc2cccc(Cl)c2C)cc1OC. The summed E-state index contributed by atoms with van der Waals surface area (Å²) >= 11 is 5.98. The Morgan fingerprint density at radius 3 is 2.50 bits per heavy atom. The molecule has 0 radical (unpaired) electrons. The first-order chi connectivity index (χ1) is 12.5. The molecule has 0 atom stereocenters. The van der Waals surface area contributed by atoms with Crippen molar-refractivity contribution in [2.45, 2.75) is 6.92 Å². The fourth-order valence-electron chi connectivity index (χ4n) is 2.07. The van der Waals surface area contributed by atoms with Crippen molar-refractivity contribution in [3.05, 3.63) is 52.5 Å². The number of hydrazone groups is 1. The molecule has 136 valence electrons. The van der Waals surface area contributed by atoms with Gasteiger partial charge in [-0.15, -0.1) is 0 Å². The molecule has 26 heavy (non-hydrogen) atoms. The molecule has 2 aromatic carbocycles. The standard InChI is InChI=1S/C18H18ClN3O4/c1-11-13(19)5-4-6-14(11)21-17(23)18(24)22-20-10-12-7-8-15(25-2)16(9-12)26-3/h4-10H,1-3H3,(H,21,23)(H,22,24). The maximum Gasteiger partial charge on any atom is 0.329 e. The van der Waals surface area contributed by atoms with Gasteiger partial charge in [0.05, 0.1) is 20.4 Å². The first-order valence-corrected chi connectivity index (χ1v) is 7.95. The number of benzene rings is 2. The van der Waals surface area contributed by atoms with Crippen LogP contribution in [0.25, 0.3) is 0 Å². The van der Waals surface area contributed by atoms with E-state index in [1.807, 2.05) is 0 Å². The Morgan fingerprint density at radius 2 is 1.81 bits per heavy atom. The van der Waals surface area contributed by atoms with Crippen molar-refractivity contribution in [1.82, 2.24) is 5.43 Å². The summed E-state index contributed by atoms with van der Waals surface area (Å²) in [5.41, 5.74) is 3.96. The monoisotopic (exact) mass is 375 g/mol. The summed E-state index contributed by atoms with van der Waals surface area (Å²) in [6, 6.07) is 10.1. The molecule has 2 aromatic rings. The molecular weight excluding hydrogens is 358 g/mol. The van der Waals surface area contributed by atoms with Gasteiger partial charge in [-0.1, -0.05) is 17.7 Å². The maximum atomic E-state index is 11.9. The van der Waals surface area contributed by atoms with E-state index in [2.05, 4.69) is 15.8 Å². The zero-order chi connectivity index (χ0) is 19.1. The minimum absolute atomic E-state index is 0.460. The first-order valence-electron chi connectivity index (χ1n) is 7.57. The predicted molar refractivity (Wildman–Crippen MR) is 100 cm³/mol. The van der Waals surface area contributed by atoms with Crippen LogP contribution < -0.4 is 20.2 Å². The summed E-state index contributed by atoms with van der Waals surface area (Å²) < 4.78 is 10.3. The third-order valence-corrected chi connectivity index (χ3v) is 3.92. The Labute approximate surface area is 155 Å². The Kier molecular flexibility index (Phi) is 6.57. The van der Waals surface area contributed by atoms with Crippen LogP contribution in [0.15, 0.2) is 41.5 Å². The second-order valence-corrected chi connectivity index (χ2v) is 5.59. The van der Waals surface area contributed by atoms with Crippen molar-refractivity contribution in [2.24, 2.45) is 5.10 Å². The quantitative estimate of drug-likeness (QED) is 0.477. The van der Waals surface area contributed by atoms with Crippen LogP contribution in [0.1, 0.15) is 11.1 Å². The normalized spacial score (nSPS) is 10.5. The van der Waals surface area contributed by atoms with Gasteiger partial charge >= 0.3 is 11.8 Å². The van der Waals surface area contributed by atoms with Gasteiger partial charge in [-0.05, 0) is 48.4 Å². The molecule has 0 heterocycles. The molecule has 0 spiro atoms. The van der Waals surface area contributed by atoms with Gasteiger partial charge in [0.15, 0.2) is 11.5 Å². The predicted octanol–water partition coefficient (Wildman–Crippen LogP) is 2.75. The van der Waals surface area contributed by atoms with Crippen LogP contribution >= 0.6 is 11.6 Å². The van der Waals surface area contributed by atoms with Gasteiger partial charge in [0, 0.05) is 10.7 Å². The third kappa shape index (κ3) is 4.73. The smallest absolute Gasteiger partial charge is 0.329 e. The van der Waals surface area contributed by atoms with E-state index in [-0.39, 0.29) is 0 Å². The molecule has 0 aliphatic heterocycles. The van der Waals surface area contributed by atoms with E-state index in [0.717, 1.165) is 0 Å². The van der Waals surface area contributed by atoms with Crippen LogP contribution in [0.5, 0.6) is 11.5 Å². The van der Waals surface area contributed by atoms with Crippen LogP contribution in [0, 0.1) is 6.92 Å². The number of nitrogens with zero attached hydrogens (tertiary/aromatic N) is 1. The highest BCUT2D eigenvalue weighted by atomic mass is 35.5. The van der Waals surface area contributed by atoms with E-state index in [9.17, 15) is 9.59 Å². The number of hydrogen-bond donors (Lipinski definition) is 2. The molecular formula is C18H18ClN3O4. The molecule has 2 amide bonds. The molecule has 0 fully saturated rings. The molecule has 0 saturated heterocycles. The van der Waals surface area contributed by atoms with Crippen LogP contribution in [0.4, 0.5) is 5.69 Å². The summed E-state index contributed by atoms with van der Waals surface area (Å²) in [4.78, 5) is 23.8. The van der Waals surface area contributed by atoms with E-state index in [1.54, 1.807) is 43.3 Å². The number of carbonyl (C=O) groups is 2. The van der Waals surface area contributed by atoms with Crippen molar-refractivity contribution in [3.8, 4) is 11.5 Å². The van der Waals surface area contributed by atoms with Crippen molar-refractivity contribution < 1.29 is 19.1 Å². The zero-order valence-corrected chi connectivity index (χ0v) is 15.3. The Morgan fingerprint density at radius 1 is 1.08 bits per heavy atom. The zero-order valence-electron chi connectivity index (χ0n) is 14.5. The van der Waals surface area contributed by atoms with Crippen LogP contribution in [-0.4, -0.2) is 32.2 Å². The first kappa shape index (κ1) is 19.3. The van der Waals surface area contributed by atoms with Crippen LogP contribution in [0.2, 0.25) is 5.02 Å². The Hall–Kier alpha value is -3.06. The van der Waals surface area contributed by atoms with Gasteiger partial charge in [-0.25, -0.2) is 5.43 Å². The Balaban J connectivity index is 1.98. The highest BCUT2D eigenvalue weighted by molar-refractivity contribution is 6.40. The second-order valence-electron chi connectivity index (χ2n) is 5.18. The lowest BCUT2D eigenvalue weighted by molar-refractivity contribution is -0.136. The van der Waals surface area contributed by atoms with E-state index in [0.29, 0.717) is 33.3 Å². The summed E-state index contributed by atoms with van der Waals surface area (Å²) in [5, 5.41) is 6.75. The fraction of sp³-hybridized carbons (Fsp3) is 0.167. The maximum absolute atomic E-state index is 11.9. The van der Waals surface area contributed by atoms with Gasteiger partial charge in [0.25, 0.3) is 0 Å². The van der Waals surface area contributed by atoms with Crippen molar-refractivity contribution in [2.75, 3.05) is 19.5 Å². The minimum atomic E-state index is -0.902. The fourth-order valence-corrected chi connectivity index (χ4v) is 2.25. The Bertz CT molecular complexity index is 852. The van der Waals surface area contributed by atoms with E-state index >= 15 is 0 Å². The lowest BCUT2D eigenvalue weighted by atomic mass is 10.2. The number of carbonyl (C=O) groups excluding carboxylic acids is 2. The highest BCUT2D eigenvalue weighted by Crippen LogP contribution is 2.26. The average Bonchev–Trinajstić information content (AvgIpc) is 2.65. The van der Waals surface area contributed by atoms with E-state index < -0.39 is 11.8 Å². The molecule has 0 aromatic heterocycles. The summed E-state index contributed by atoms with van der Waals surface area (Å²) in [5.74, 6) is -0.650. The van der Waals surface area contributed by atoms with Gasteiger partial charge in [-0.3, -0.25) is 9.59 Å². The molecule has 2 rings (SSSR count). The number of halogens is 1. The summed E-state index contributed by atoms with van der Waals surface area (Å²) in [7, 11) is 3.05. The van der Waals surface area contributed by atoms with E-state index in [1.165, 1.54) is 20.4 Å². The number of anilines is 1. The molecule has 0 aliphatic rings. The average molecular weight is 376 g/mol. The lowest BCUT2D eigenvalue weighted by Crippen LogP contribution is -2.32. The number of ether oxygens (including phenoxy) is 2. The van der Waals surface area contributed by atoms with Crippen LogP contribution in [-0.2, 0) is 9.59 Å². The van der Waals surface area contributed by atoms with Gasteiger partial charge < -0.3 is 14.8 Å². The van der Waals surface area contributed by atoms with Crippen molar-refractivity contribution >= 4 is 35.3 Å².